The maximum atomic E-state index is 13.2. The van der Waals surface area contributed by atoms with Crippen molar-refractivity contribution in [3.8, 4) is 11.5 Å². The highest BCUT2D eigenvalue weighted by Gasteiger charge is 2.39. The Balaban J connectivity index is 0.787. The van der Waals surface area contributed by atoms with Crippen molar-refractivity contribution in [2.24, 2.45) is 0 Å². The van der Waals surface area contributed by atoms with Crippen molar-refractivity contribution in [1.82, 2.24) is 30.0 Å². The number of para-hydroxylation sites is 1. The molecule has 3 fully saturated rings. The van der Waals surface area contributed by atoms with Crippen molar-refractivity contribution in [1.29, 1.82) is 0 Å². The van der Waals surface area contributed by atoms with Gasteiger partial charge in [-0.3, -0.25) is 34.0 Å². The summed E-state index contributed by atoms with van der Waals surface area (Å²) in [4.78, 5) is 67.4. The summed E-state index contributed by atoms with van der Waals surface area (Å²) in [7, 11) is 0.691. The first-order valence-electron chi connectivity index (χ1n) is 21.2. The molecule has 0 aliphatic carbocycles. The number of carbonyl (C=O) groups excluding carboxylic acids is 4. The monoisotopic (exact) mass is 915 g/mol. The van der Waals surface area contributed by atoms with E-state index >= 15 is 0 Å². The summed E-state index contributed by atoms with van der Waals surface area (Å²) in [6.45, 7) is 5.17. The van der Waals surface area contributed by atoms with Crippen LogP contribution in [0.3, 0.4) is 0 Å². The summed E-state index contributed by atoms with van der Waals surface area (Å²) in [6.07, 6.45) is 4.19. The first-order chi connectivity index (χ1) is 31.0. The zero-order chi connectivity index (χ0) is 45.0. The van der Waals surface area contributed by atoms with Crippen LogP contribution in [0.4, 0.5) is 28.8 Å². The van der Waals surface area contributed by atoms with Gasteiger partial charge in [0.25, 0.3) is 5.91 Å². The standard InChI is InChI=1S/C44H51ClN9O9P/c1-60-37-25-30(8-11-34(37)48-44-46-26-33(45)41(50-44)47-35-6-4-5-7-38(35)64(59,61-2)62-3)51-17-14-29(15-18-51)52-19-21-53(22-20-52)40(56)16-23-63-31-9-10-32-28(24-31)27-54(43(32)58)36-12-13-39(55)49-42(36)57/h4-11,24-26,29,36H,12-23,27H2,1-3H3,(H,49,55,57)(H2,46,47,48,50). The van der Waals surface area contributed by atoms with Crippen LogP contribution in [0.5, 0.6) is 11.5 Å². The lowest BCUT2D eigenvalue weighted by atomic mass is 10.0. The lowest BCUT2D eigenvalue weighted by Gasteiger charge is -2.43. The van der Waals surface area contributed by atoms with E-state index in [1.807, 2.05) is 23.1 Å². The SMILES string of the molecule is COc1cc(N2CCC(N3CCN(C(=O)CCOc4ccc5c(c4)CN(C4CCC(=O)NC4=O)C5=O)CC3)CC2)ccc1Nc1ncc(Cl)c(Nc2ccccc2P(=O)(OC)OC)n1. The molecule has 4 aliphatic heterocycles. The molecule has 4 aliphatic rings. The van der Waals surface area contributed by atoms with Gasteiger partial charge in [-0.25, -0.2) is 4.98 Å². The minimum absolute atomic E-state index is 0.0465. The van der Waals surface area contributed by atoms with Gasteiger partial charge in [-0.15, -0.1) is 0 Å². The highest BCUT2D eigenvalue weighted by atomic mass is 35.5. The van der Waals surface area contributed by atoms with Crippen LogP contribution in [-0.4, -0.2) is 128 Å². The van der Waals surface area contributed by atoms with E-state index in [4.69, 9.17) is 30.1 Å². The van der Waals surface area contributed by atoms with Crippen molar-refractivity contribution >= 4 is 77.0 Å². The Hall–Kier alpha value is -5.78. The second kappa shape index (κ2) is 19.5. The number of piperidine rings is 2. The molecule has 3 N–H and O–H groups in total. The molecule has 1 unspecified atom stereocenters. The molecule has 8 rings (SSSR count). The Morgan fingerprint density at radius 1 is 0.906 bits per heavy atom. The second-order valence-corrected chi connectivity index (χ2v) is 18.5. The molecule has 1 aromatic heterocycles. The van der Waals surface area contributed by atoms with E-state index < -0.39 is 19.5 Å². The predicted octanol–water partition coefficient (Wildman–Crippen LogP) is 5.08. The van der Waals surface area contributed by atoms with E-state index in [9.17, 15) is 23.7 Å². The van der Waals surface area contributed by atoms with Crippen LogP contribution >= 0.6 is 19.2 Å². The number of hydrogen-bond acceptors (Lipinski definition) is 15. The Kier molecular flexibility index (Phi) is 13.7. The molecule has 338 valence electrons. The zero-order valence-electron chi connectivity index (χ0n) is 35.9. The number of amides is 4. The fourth-order valence-electron chi connectivity index (χ4n) is 8.71. The Labute approximate surface area is 376 Å². The van der Waals surface area contributed by atoms with Crippen molar-refractivity contribution in [3.63, 3.8) is 0 Å². The molecule has 18 nitrogen and oxygen atoms in total. The van der Waals surface area contributed by atoms with Gasteiger partial charge in [0.15, 0.2) is 5.82 Å². The number of fused-ring (bicyclic) bond motifs is 1. The number of piperazine rings is 1. The van der Waals surface area contributed by atoms with E-state index in [0.717, 1.165) is 50.3 Å². The van der Waals surface area contributed by atoms with Crippen LogP contribution in [0.1, 0.15) is 48.0 Å². The number of ether oxygens (including phenoxy) is 2. The first-order valence-corrected chi connectivity index (χ1v) is 23.1. The summed E-state index contributed by atoms with van der Waals surface area (Å²) in [6, 6.07) is 17.8. The molecular formula is C44H51ClN9O9P. The summed E-state index contributed by atoms with van der Waals surface area (Å²) in [5.74, 6) is 0.779. The lowest BCUT2D eigenvalue weighted by Crippen LogP contribution is -2.54. The van der Waals surface area contributed by atoms with Gasteiger partial charge in [0.1, 0.15) is 22.6 Å². The number of halogens is 1. The molecule has 4 amide bonds. The Morgan fingerprint density at radius 2 is 1.67 bits per heavy atom. The molecule has 1 atom stereocenters. The molecule has 0 bridgehead atoms. The second-order valence-electron chi connectivity index (χ2n) is 15.9. The van der Waals surface area contributed by atoms with Crippen LogP contribution in [0, 0.1) is 0 Å². The van der Waals surface area contributed by atoms with Crippen LogP contribution < -0.4 is 35.6 Å². The third-order valence-electron chi connectivity index (χ3n) is 12.2. The number of rotatable bonds is 15. The molecule has 3 saturated heterocycles. The van der Waals surface area contributed by atoms with Gasteiger partial charge < -0.3 is 43.9 Å². The van der Waals surface area contributed by atoms with Crippen LogP contribution in [0.25, 0.3) is 0 Å². The van der Waals surface area contributed by atoms with Crippen LogP contribution in [0.15, 0.2) is 66.9 Å². The molecule has 64 heavy (non-hydrogen) atoms. The third kappa shape index (κ3) is 9.66. The molecule has 3 aromatic carbocycles. The topological polar surface area (TPSA) is 197 Å². The zero-order valence-corrected chi connectivity index (χ0v) is 37.5. The van der Waals surface area contributed by atoms with Crippen LogP contribution in [0.2, 0.25) is 5.02 Å². The number of anilines is 5. The summed E-state index contributed by atoms with van der Waals surface area (Å²) < 4.78 is 35.4. The van der Waals surface area contributed by atoms with Gasteiger partial charge >= 0.3 is 7.60 Å². The summed E-state index contributed by atoms with van der Waals surface area (Å²) in [5.41, 5.74) is 3.44. The van der Waals surface area contributed by atoms with E-state index in [1.165, 1.54) is 25.3 Å². The number of hydrogen-bond donors (Lipinski definition) is 3. The minimum Gasteiger partial charge on any atom is -0.494 e. The lowest BCUT2D eigenvalue weighted by molar-refractivity contribution is -0.137. The van der Waals surface area contributed by atoms with Crippen molar-refractivity contribution in [2.75, 3.05) is 82.7 Å². The summed E-state index contributed by atoms with van der Waals surface area (Å²) in [5, 5.41) is 9.29. The fraction of sp³-hybridized carbons (Fsp3) is 0.409. The number of methoxy groups -OCH3 is 1. The predicted molar refractivity (Wildman–Crippen MR) is 240 cm³/mol. The molecule has 5 heterocycles. The summed E-state index contributed by atoms with van der Waals surface area (Å²) >= 11 is 6.48. The fourth-order valence-corrected chi connectivity index (χ4v) is 10.1. The van der Waals surface area contributed by atoms with Crippen molar-refractivity contribution in [2.45, 2.75) is 50.7 Å². The Morgan fingerprint density at radius 3 is 2.41 bits per heavy atom. The number of nitrogens with zero attached hydrogens (tertiary/aromatic N) is 6. The average molecular weight is 916 g/mol. The molecule has 20 heteroatoms. The highest BCUT2D eigenvalue weighted by molar-refractivity contribution is 7.62. The number of aromatic nitrogens is 2. The van der Waals surface area contributed by atoms with Gasteiger partial charge in [0.05, 0.1) is 43.0 Å². The van der Waals surface area contributed by atoms with Gasteiger partial charge in [-0.2, -0.15) is 4.98 Å². The van der Waals surface area contributed by atoms with E-state index in [0.29, 0.717) is 65.1 Å². The number of imide groups is 1. The smallest absolute Gasteiger partial charge is 0.362 e. The highest BCUT2D eigenvalue weighted by Crippen LogP contribution is 2.47. The van der Waals surface area contributed by atoms with Gasteiger partial charge in [0, 0.05) is 89.8 Å². The largest absolute Gasteiger partial charge is 0.494 e. The van der Waals surface area contributed by atoms with Crippen molar-refractivity contribution in [3.05, 3.63) is 83.0 Å². The van der Waals surface area contributed by atoms with Crippen LogP contribution in [-0.2, 0) is 34.5 Å². The maximum Gasteiger partial charge on any atom is 0.362 e. The van der Waals surface area contributed by atoms with E-state index in [2.05, 4.69) is 35.7 Å². The minimum atomic E-state index is -3.57. The Bertz CT molecular complexity index is 2450. The quantitative estimate of drug-likeness (QED) is 0.105. The molecule has 4 aromatic rings. The molecule has 0 radical (unpaired) electrons. The molecule has 0 saturated carbocycles. The van der Waals surface area contributed by atoms with E-state index in [-0.39, 0.29) is 54.7 Å². The normalized spacial score (nSPS) is 18.5. The molecule has 0 spiro atoms. The number of carbonyl (C=O) groups is 4. The first kappa shape index (κ1) is 44.8. The third-order valence-corrected chi connectivity index (χ3v) is 14.4. The average Bonchev–Trinajstić information content (AvgIpc) is 3.64. The van der Waals surface area contributed by atoms with Gasteiger partial charge in [-0.1, -0.05) is 23.7 Å². The van der Waals surface area contributed by atoms with Crippen molar-refractivity contribution < 1.29 is 42.3 Å². The maximum absolute atomic E-state index is 13.2. The van der Waals surface area contributed by atoms with Gasteiger partial charge in [0.2, 0.25) is 23.7 Å². The number of nitrogens with one attached hydrogen (secondary N) is 3. The molecular weight excluding hydrogens is 865 g/mol. The number of benzene rings is 3. The van der Waals surface area contributed by atoms with E-state index in [1.54, 1.807) is 49.6 Å². The van der Waals surface area contributed by atoms with Gasteiger partial charge in [-0.05, 0) is 67.3 Å².